The first-order valence-corrected chi connectivity index (χ1v) is 10.9. The van der Waals surface area contributed by atoms with E-state index in [4.69, 9.17) is 4.52 Å². The van der Waals surface area contributed by atoms with Gasteiger partial charge in [-0.2, -0.15) is 4.98 Å². The number of nitrogens with zero attached hydrogens (tertiary/aromatic N) is 2. The lowest BCUT2D eigenvalue weighted by Crippen LogP contribution is -2.42. The van der Waals surface area contributed by atoms with Crippen molar-refractivity contribution in [3.8, 4) is 0 Å². The molecule has 3 rings (SSSR count). The van der Waals surface area contributed by atoms with E-state index < -0.39 is 20.7 Å². The second-order valence-corrected chi connectivity index (χ2v) is 11.3. The highest BCUT2D eigenvalue weighted by Gasteiger charge is 2.48. The first-order chi connectivity index (χ1) is 12.5. The molecular formula is C17H28F2N4O3S. The fourth-order valence-corrected chi connectivity index (χ4v) is 4.32. The SMILES string of the molecule is CC(C)(C)S(=O)(=O)NCC1CCC(Nc2nc(C3CC(F)(F)C3)no2)CC1. The molecule has 1 heterocycles. The van der Waals surface area contributed by atoms with Gasteiger partial charge in [0.25, 0.3) is 0 Å². The van der Waals surface area contributed by atoms with E-state index in [0.717, 1.165) is 25.7 Å². The van der Waals surface area contributed by atoms with E-state index in [1.54, 1.807) is 20.8 Å². The summed E-state index contributed by atoms with van der Waals surface area (Å²) in [5, 5.41) is 6.98. The van der Waals surface area contributed by atoms with Gasteiger partial charge in [0, 0.05) is 31.3 Å². The molecule has 0 radical (unpaired) electrons. The third-order valence-corrected chi connectivity index (χ3v) is 7.60. The lowest BCUT2D eigenvalue weighted by molar-refractivity contribution is -0.0888. The van der Waals surface area contributed by atoms with Crippen LogP contribution < -0.4 is 10.0 Å². The van der Waals surface area contributed by atoms with Gasteiger partial charge in [-0.05, 0) is 52.4 Å². The fraction of sp³-hybridized carbons (Fsp3) is 0.882. The van der Waals surface area contributed by atoms with Crippen molar-refractivity contribution in [2.45, 2.75) is 81.9 Å². The minimum absolute atomic E-state index is 0.164. The summed E-state index contributed by atoms with van der Waals surface area (Å²) in [7, 11) is -3.32. The minimum Gasteiger partial charge on any atom is -0.335 e. The van der Waals surface area contributed by atoms with Crippen LogP contribution in [0.15, 0.2) is 4.52 Å². The van der Waals surface area contributed by atoms with Crippen LogP contribution in [0.5, 0.6) is 0 Å². The minimum atomic E-state index is -3.32. The third kappa shape index (κ3) is 4.96. The molecule has 2 aliphatic rings. The van der Waals surface area contributed by atoms with Crippen LogP contribution >= 0.6 is 0 Å². The highest BCUT2D eigenvalue weighted by molar-refractivity contribution is 7.90. The van der Waals surface area contributed by atoms with Crippen molar-refractivity contribution < 1.29 is 21.7 Å². The monoisotopic (exact) mass is 406 g/mol. The Morgan fingerprint density at radius 3 is 2.37 bits per heavy atom. The van der Waals surface area contributed by atoms with Crippen molar-refractivity contribution >= 4 is 16.0 Å². The summed E-state index contributed by atoms with van der Waals surface area (Å²) >= 11 is 0. The van der Waals surface area contributed by atoms with E-state index in [2.05, 4.69) is 20.2 Å². The summed E-state index contributed by atoms with van der Waals surface area (Å²) in [5.41, 5.74) is 0. The molecule has 154 valence electrons. The standard InChI is InChI=1S/C17H28F2N4O3S/c1-16(2,3)27(24,25)20-10-11-4-6-13(7-5-11)21-15-22-14(23-26-15)12-8-17(18,19)9-12/h11-13,20H,4-10H2,1-3H3,(H,21,22,23). The van der Waals surface area contributed by atoms with E-state index >= 15 is 0 Å². The summed E-state index contributed by atoms with van der Waals surface area (Å²) in [6, 6.07) is 0.439. The quantitative estimate of drug-likeness (QED) is 0.753. The summed E-state index contributed by atoms with van der Waals surface area (Å²) in [5.74, 6) is -2.29. The molecule has 2 N–H and O–H groups in total. The number of rotatable bonds is 6. The van der Waals surface area contributed by atoms with Crippen molar-refractivity contribution in [2.75, 3.05) is 11.9 Å². The smallest absolute Gasteiger partial charge is 0.321 e. The van der Waals surface area contributed by atoms with Crippen LogP contribution in [-0.2, 0) is 10.0 Å². The van der Waals surface area contributed by atoms with Crippen molar-refractivity contribution in [1.82, 2.24) is 14.9 Å². The Morgan fingerprint density at radius 1 is 1.19 bits per heavy atom. The van der Waals surface area contributed by atoms with Crippen molar-refractivity contribution in [1.29, 1.82) is 0 Å². The van der Waals surface area contributed by atoms with E-state index in [1.165, 1.54) is 0 Å². The highest BCUT2D eigenvalue weighted by atomic mass is 32.2. The first kappa shape index (κ1) is 20.4. The molecule has 2 aliphatic carbocycles. The number of nitrogens with one attached hydrogen (secondary N) is 2. The zero-order valence-corrected chi connectivity index (χ0v) is 16.8. The Kier molecular flexibility index (Phi) is 5.51. The number of alkyl halides is 2. The van der Waals surface area contributed by atoms with Crippen LogP contribution in [0.2, 0.25) is 0 Å². The lowest BCUT2D eigenvalue weighted by atomic mass is 9.81. The molecule has 0 saturated heterocycles. The molecule has 0 unspecified atom stereocenters. The maximum atomic E-state index is 12.9. The van der Waals surface area contributed by atoms with E-state index in [1.807, 2.05) is 0 Å². The van der Waals surface area contributed by atoms with Crippen LogP contribution in [0.1, 0.15) is 71.0 Å². The zero-order chi connectivity index (χ0) is 19.9. The number of sulfonamides is 1. The van der Waals surface area contributed by atoms with Gasteiger partial charge in [0.05, 0.1) is 4.75 Å². The Balaban J connectivity index is 1.42. The molecule has 0 atom stereocenters. The van der Waals surface area contributed by atoms with Crippen LogP contribution in [0.4, 0.5) is 14.8 Å². The van der Waals surface area contributed by atoms with Gasteiger partial charge in [-0.1, -0.05) is 5.16 Å². The summed E-state index contributed by atoms with van der Waals surface area (Å²) in [4.78, 5) is 4.19. The molecule has 27 heavy (non-hydrogen) atoms. The highest BCUT2D eigenvalue weighted by Crippen LogP contribution is 2.47. The molecule has 0 spiro atoms. The molecule has 0 aliphatic heterocycles. The fourth-order valence-electron chi connectivity index (χ4n) is 3.43. The topological polar surface area (TPSA) is 97.1 Å². The molecule has 0 bridgehead atoms. The van der Waals surface area contributed by atoms with Gasteiger partial charge in [-0.25, -0.2) is 21.9 Å². The summed E-state index contributed by atoms with van der Waals surface area (Å²) < 4.78 is 57.2. The molecule has 10 heteroatoms. The predicted molar refractivity (Wildman–Crippen MR) is 97.3 cm³/mol. The summed E-state index contributed by atoms with van der Waals surface area (Å²) in [6.45, 7) is 5.49. The number of halogens is 2. The predicted octanol–water partition coefficient (Wildman–Crippen LogP) is 3.27. The van der Waals surface area contributed by atoms with Crippen LogP contribution in [0.3, 0.4) is 0 Å². The molecule has 2 saturated carbocycles. The number of hydrogen-bond acceptors (Lipinski definition) is 6. The second kappa shape index (κ2) is 7.27. The molecular weight excluding hydrogens is 378 g/mol. The van der Waals surface area contributed by atoms with Crippen molar-refractivity contribution in [3.05, 3.63) is 5.82 Å². The van der Waals surface area contributed by atoms with Crippen molar-refractivity contribution in [3.63, 3.8) is 0 Å². The average molecular weight is 406 g/mol. The molecule has 2 fully saturated rings. The van der Waals surface area contributed by atoms with Gasteiger partial charge in [0.1, 0.15) is 0 Å². The Labute approximate surface area is 158 Å². The largest absolute Gasteiger partial charge is 0.335 e. The molecule has 1 aromatic rings. The van der Waals surface area contributed by atoms with Gasteiger partial charge in [-0.3, -0.25) is 0 Å². The maximum absolute atomic E-state index is 12.9. The molecule has 0 aromatic carbocycles. The number of aromatic nitrogens is 2. The Bertz CT molecular complexity index is 744. The number of anilines is 1. The van der Waals surface area contributed by atoms with Crippen molar-refractivity contribution in [2.24, 2.45) is 5.92 Å². The normalized spacial score (nSPS) is 26.6. The van der Waals surface area contributed by atoms with E-state index in [0.29, 0.717) is 18.3 Å². The zero-order valence-electron chi connectivity index (χ0n) is 16.0. The van der Waals surface area contributed by atoms with Crippen LogP contribution in [-0.4, -0.2) is 41.8 Å². The van der Waals surface area contributed by atoms with Crippen LogP contribution in [0, 0.1) is 5.92 Å². The van der Waals surface area contributed by atoms with Gasteiger partial charge in [-0.15, -0.1) is 0 Å². The van der Waals surface area contributed by atoms with Gasteiger partial charge in [0.2, 0.25) is 15.9 Å². The molecule has 0 amide bonds. The van der Waals surface area contributed by atoms with Gasteiger partial charge in [0.15, 0.2) is 5.82 Å². The Morgan fingerprint density at radius 2 is 1.81 bits per heavy atom. The first-order valence-electron chi connectivity index (χ1n) is 9.42. The average Bonchev–Trinajstić information content (AvgIpc) is 2.99. The summed E-state index contributed by atoms with van der Waals surface area (Å²) in [6.07, 6.45) is 3.06. The van der Waals surface area contributed by atoms with Gasteiger partial charge >= 0.3 is 6.01 Å². The van der Waals surface area contributed by atoms with E-state index in [9.17, 15) is 17.2 Å². The molecule has 1 aromatic heterocycles. The lowest BCUT2D eigenvalue weighted by Gasteiger charge is -2.32. The third-order valence-electron chi connectivity index (χ3n) is 5.44. The molecule has 7 nitrogen and oxygen atoms in total. The van der Waals surface area contributed by atoms with Crippen LogP contribution in [0.25, 0.3) is 0 Å². The number of hydrogen-bond donors (Lipinski definition) is 2. The second-order valence-electron chi connectivity index (χ2n) is 8.75. The van der Waals surface area contributed by atoms with Gasteiger partial charge < -0.3 is 9.84 Å². The maximum Gasteiger partial charge on any atom is 0.321 e. The Hall–Kier alpha value is -1.29. The van der Waals surface area contributed by atoms with E-state index in [-0.39, 0.29) is 30.8 Å².